The van der Waals surface area contributed by atoms with Crippen LogP contribution >= 0.6 is 0 Å². The van der Waals surface area contributed by atoms with Gasteiger partial charge in [-0.1, -0.05) is 20.8 Å². The molecule has 0 aromatic heterocycles. The molecule has 14 heavy (non-hydrogen) atoms. The minimum Gasteiger partial charge on any atom is -0.395 e. The average molecular weight is 198 g/mol. The smallest absolute Gasteiger partial charge is 0.0602 e. The van der Waals surface area contributed by atoms with Crippen LogP contribution in [0.25, 0.3) is 0 Å². The molecular weight excluding hydrogens is 176 g/mol. The lowest BCUT2D eigenvalue weighted by Gasteiger charge is -2.50. The predicted molar refractivity (Wildman–Crippen MR) is 57.2 cm³/mol. The largest absolute Gasteiger partial charge is 0.395 e. The second-order valence-electron chi connectivity index (χ2n) is 5.74. The Hall–Kier alpha value is -0.120. The lowest BCUT2D eigenvalue weighted by molar-refractivity contribution is 0.0517. The summed E-state index contributed by atoms with van der Waals surface area (Å²) in [6, 6.07) is 0.818. The van der Waals surface area contributed by atoms with E-state index in [4.69, 9.17) is 0 Å². The van der Waals surface area contributed by atoms with E-state index < -0.39 is 0 Å². The van der Waals surface area contributed by atoms with Gasteiger partial charge in [-0.05, 0) is 18.3 Å². The summed E-state index contributed by atoms with van der Waals surface area (Å²) in [5.41, 5.74) is 0.285. The summed E-state index contributed by atoms with van der Waals surface area (Å²) >= 11 is 0. The fourth-order valence-electron chi connectivity index (χ4n) is 3.13. The standard InChI is InChI=1S/C11H22N2O/c1-10(2,3)11-5-4-8(13-11)6-12-9(11)7-14/h8-9,12-14H,4-7H2,1-3H3/t8-,9+,11-/m0/s1. The molecule has 2 fully saturated rings. The van der Waals surface area contributed by atoms with Gasteiger partial charge < -0.3 is 15.7 Å². The highest BCUT2D eigenvalue weighted by molar-refractivity contribution is 5.14. The number of piperazine rings is 1. The first-order valence-electron chi connectivity index (χ1n) is 5.61. The zero-order valence-electron chi connectivity index (χ0n) is 9.43. The van der Waals surface area contributed by atoms with E-state index in [2.05, 4.69) is 31.4 Å². The molecule has 3 N–H and O–H groups in total. The van der Waals surface area contributed by atoms with E-state index in [1.54, 1.807) is 0 Å². The van der Waals surface area contributed by atoms with Crippen LogP contribution in [0.1, 0.15) is 33.6 Å². The molecule has 0 spiro atoms. The van der Waals surface area contributed by atoms with E-state index in [0.717, 1.165) is 6.54 Å². The van der Waals surface area contributed by atoms with Crippen LogP contribution in [0, 0.1) is 5.41 Å². The summed E-state index contributed by atoms with van der Waals surface area (Å²) in [4.78, 5) is 0. The molecule has 3 nitrogen and oxygen atoms in total. The van der Waals surface area contributed by atoms with Crippen molar-refractivity contribution in [2.24, 2.45) is 5.41 Å². The molecule has 0 amide bonds. The van der Waals surface area contributed by atoms with Crippen molar-refractivity contribution in [1.82, 2.24) is 10.6 Å². The van der Waals surface area contributed by atoms with Crippen LogP contribution < -0.4 is 10.6 Å². The predicted octanol–water partition coefficient (Wildman–Crippen LogP) is 0.487. The molecule has 0 radical (unpaired) electrons. The van der Waals surface area contributed by atoms with Crippen molar-refractivity contribution in [3.05, 3.63) is 0 Å². The third-order valence-electron chi connectivity index (χ3n) is 4.08. The van der Waals surface area contributed by atoms with Crippen molar-refractivity contribution >= 4 is 0 Å². The van der Waals surface area contributed by atoms with Gasteiger partial charge in [0, 0.05) is 24.2 Å². The molecule has 82 valence electrons. The highest BCUT2D eigenvalue weighted by atomic mass is 16.3. The number of aliphatic hydroxyl groups is 1. The summed E-state index contributed by atoms with van der Waals surface area (Å²) in [5.74, 6) is 0. The monoisotopic (exact) mass is 198 g/mol. The second-order valence-corrected chi connectivity index (χ2v) is 5.74. The van der Waals surface area contributed by atoms with Crippen LogP contribution in [0.15, 0.2) is 0 Å². The van der Waals surface area contributed by atoms with Crippen LogP contribution in [0.3, 0.4) is 0 Å². The summed E-state index contributed by atoms with van der Waals surface area (Å²) in [5, 5.41) is 16.6. The molecule has 2 heterocycles. The van der Waals surface area contributed by atoms with E-state index in [0.29, 0.717) is 6.04 Å². The molecule has 2 bridgehead atoms. The summed E-state index contributed by atoms with van der Waals surface area (Å²) in [6.07, 6.45) is 2.42. The molecule has 0 aromatic rings. The molecule has 0 aromatic carbocycles. The molecule has 0 aliphatic carbocycles. The van der Waals surface area contributed by atoms with Gasteiger partial charge in [0.25, 0.3) is 0 Å². The first kappa shape index (κ1) is 10.4. The topological polar surface area (TPSA) is 44.3 Å². The van der Waals surface area contributed by atoms with E-state index in [-0.39, 0.29) is 23.6 Å². The molecule has 0 unspecified atom stereocenters. The SMILES string of the molecule is CC(C)(C)[C@]12CC[C@@H](CN[C@@H]1CO)N2. The Kier molecular flexibility index (Phi) is 2.37. The lowest BCUT2D eigenvalue weighted by Crippen LogP contribution is -2.70. The highest BCUT2D eigenvalue weighted by Gasteiger charge is 2.54. The highest BCUT2D eigenvalue weighted by Crippen LogP contribution is 2.43. The Bertz CT molecular complexity index is 224. The lowest BCUT2D eigenvalue weighted by atomic mass is 9.68. The van der Waals surface area contributed by atoms with Crippen molar-refractivity contribution < 1.29 is 5.11 Å². The van der Waals surface area contributed by atoms with E-state index >= 15 is 0 Å². The summed E-state index contributed by atoms with van der Waals surface area (Å²) in [6.45, 7) is 8.02. The number of hydrogen-bond donors (Lipinski definition) is 3. The Labute approximate surface area is 86.3 Å². The molecular formula is C11H22N2O. The summed E-state index contributed by atoms with van der Waals surface area (Å²) in [7, 11) is 0. The molecule has 3 atom stereocenters. The fraction of sp³-hybridized carbons (Fsp3) is 1.00. The maximum absolute atomic E-state index is 9.44. The van der Waals surface area contributed by atoms with Gasteiger partial charge in [-0.25, -0.2) is 0 Å². The first-order valence-corrected chi connectivity index (χ1v) is 5.61. The van der Waals surface area contributed by atoms with Gasteiger partial charge in [-0.15, -0.1) is 0 Å². The zero-order valence-corrected chi connectivity index (χ0v) is 9.43. The Morgan fingerprint density at radius 1 is 1.43 bits per heavy atom. The van der Waals surface area contributed by atoms with Gasteiger partial charge in [0.15, 0.2) is 0 Å². The molecule has 2 aliphatic rings. The van der Waals surface area contributed by atoms with Gasteiger partial charge in [-0.3, -0.25) is 0 Å². The van der Waals surface area contributed by atoms with Crippen LogP contribution in [-0.4, -0.2) is 35.9 Å². The molecule has 0 saturated carbocycles. The Balaban J connectivity index is 2.29. The van der Waals surface area contributed by atoms with Crippen molar-refractivity contribution in [3.8, 4) is 0 Å². The van der Waals surface area contributed by atoms with E-state index in [9.17, 15) is 5.11 Å². The van der Waals surface area contributed by atoms with Gasteiger partial charge in [-0.2, -0.15) is 0 Å². The third kappa shape index (κ3) is 1.30. The number of fused-ring (bicyclic) bond motifs is 2. The van der Waals surface area contributed by atoms with Crippen LogP contribution in [0.2, 0.25) is 0 Å². The van der Waals surface area contributed by atoms with Gasteiger partial charge >= 0.3 is 0 Å². The van der Waals surface area contributed by atoms with Crippen molar-refractivity contribution in [2.45, 2.75) is 51.2 Å². The van der Waals surface area contributed by atoms with E-state index in [1.807, 2.05) is 0 Å². The molecule has 2 rings (SSSR count). The molecule has 3 heteroatoms. The van der Waals surface area contributed by atoms with Gasteiger partial charge in [0.05, 0.1) is 6.61 Å². The van der Waals surface area contributed by atoms with Crippen LogP contribution in [-0.2, 0) is 0 Å². The van der Waals surface area contributed by atoms with Crippen LogP contribution in [0.4, 0.5) is 0 Å². The van der Waals surface area contributed by atoms with Crippen molar-refractivity contribution in [1.29, 1.82) is 0 Å². The van der Waals surface area contributed by atoms with Gasteiger partial charge in [0.2, 0.25) is 0 Å². The Morgan fingerprint density at radius 3 is 2.71 bits per heavy atom. The fourth-order valence-corrected chi connectivity index (χ4v) is 3.13. The van der Waals surface area contributed by atoms with Crippen LogP contribution in [0.5, 0.6) is 0 Å². The van der Waals surface area contributed by atoms with Crippen molar-refractivity contribution in [2.75, 3.05) is 13.2 Å². The van der Waals surface area contributed by atoms with Gasteiger partial charge in [0.1, 0.15) is 0 Å². The maximum atomic E-state index is 9.44. The number of aliphatic hydroxyl groups excluding tert-OH is 1. The first-order chi connectivity index (χ1) is 6.49. The quantitative estimate of drug-likeness (QED) is 0.574. The number of hydrogen-bond acceptors (Lipinski definition) is 3. The average Bonchev–Trinajstić information content (AvgIpc) is 2.45. The number of rotatable bonds is 1. The molecule has 2 saturated heterocycles. The zero-order chi connectivity index (χ0) is 10.4. The molecule has 2 aliphatic heterocycles. The number of nitrogens with one attached hydrogen (secondary N) is 2. The van der Waals surface area contributed by atoms with E-state index in [1.165, 1.54) is 12.8 Å². The summed E-state index contributed by atoms with van der Waals surface area (Å²) < 4.78 is 0. The minimum absolute atomic E-state index is 0.0880. The normalized spacial score (nSPS) is 42.9. The van der Waals surface area contributed by atoms with Crippen molar-refractivity contribution in [3.63, 3.8) is 0 Å². The third-order valence-corrected chi connectivity index (χ3v) is 4.08. The minimum atomic E-state index is 0.0880. The second kappa shape index (κ2) is 3.19. The maximum Gasteiger partial charge on any atom is 0.0602 e. The Morgan fingerprint density at radius 2 is 2.14 bits per heavy atom.